The highest BCUT2D eigenvalue weighted by Gasteiger charge is 2.31. The second-order valence-electron chi connectivity index (χ2n) is 7.98. The van der Waals surface area contributed by atoms with Crippen LogP contribution in [0.3, 0.4) is 0 Å². The van der Waals surface area contributed by atoms with Crippen molar-refractivity contribution in [2.45, 2.75) is 32.5 Å². The Morgan fingerprint density at radius 3 is 2.29 bits per heavy atom. The Bertz CT molecular complexity index is 1360. The maximum Gasteiger partial charge on any atom is 0.416 e. The van der Waals surface area contributed by atoms with Crippen LogP contribution in [0.4, 0.5) is 18.9 Å². The second-order valence-corrected chi connectivity index (χ2v) is 7.98. The first kappa shape index (κ1) is 23.9. The van der Waals surface area contributed by atoms with Crippen molar-refractivity contribution >= 4 is 23.4 Å². The van der Waals surface area contributed by atoms with E-state index in [-0.39, 0.29) is 42.6 Å². The van der Waals surface area contributed by atoms with Gasteiger partial charge in [-0.15, -0.1) is 0 Å². The third-order valence-electron chi connectivity index (χ3n) is 5.45. The molecule has 11 heteroatoms. The first-order chi connectivity index (χ1) is 16.5. The molecule has 1 aliphatic rings. The molecule has 1 aromatic heterocycles. The number of likely N-dealkylation sites (tertiary alicyclic amines) is 1. The molecule has 3 aromatic rings. The molecule has 1 saturated heterocycles. The number of halogens is 3. The van der Waals surface area contributed by atoms with Gasteiger partial charge in [0.1, 0.15) is 0 Å². The van der Waals surface area contributed by atoms with Crippen molar-refractivity contribution in [1.29, 1.82) is 0 Å². The highest BCUT2D eigenvalue weighted by Crippen LogP contribution is 2.30. The maximum atomic E-state index is 13.1. The van der Waals surface area contributed by atoms with Crippen molar-refractivity contribution in [2.24, 2.45) is 0 Å². The van der Waals surface area contributed by atoms with Crippen LogP contribution in [0.25, 0.3) is 5.69 Å². The van der Waals surface area contributed by atoms with Gasteiger partial charge in [0, 0.05) is 30.3 Å². The number of carbonyl (C=O) groups excluding carboxylic acids is 3. The molecule has 1 N–H and O–H groups in total. The van der Waals surface area contributed by atoms with Gasteiger partial charge in [-0.25, -0.2) is 4.68 Å². The SMILES string of the molecule is Cc1cc(=O)c(C(=O)Nc2ccc(CN3C(=O)CCC3=O)cc2)nn1-c1cccc(C(F)(F)F)c1. The van der Waals surface area contributed by atoms with Crippen LogP contribution in [-0.4, -0.2) is 32.4 Å². The molecule has 0 saturated carbocycles. The molecule has 0 bridgehead atoms. The number of hydrogen-bond donors (Lipinski definition) is 1. The predicted molar refractivity (Wildman–Crippen MR) is 119 cm³/mol. The Balaban J connectivity index is 1.55. The third kappa shape index (κ3) is 5.13. The number of rotatable bonds is 5. The van der Waals surface area contributed by atoms with Gasteiger partial charge in [-0.3, -0.25) is 24.1 Å². The van der Waals surface area contributed by atoms with Gasteiger partial charge in [-0.05, 0) is 42.8 Å². The molecule has 180 valence electrons. The summed E-state index contributed by atoms with van der Waals surface area (Å²) in [6.45, 7) is 1.61. The van der Waals surface area contributed by atoms with E-state index in [0.29, 0.717) is 11.3 Å². The van der Waals surface area contributed by atoms with Gasteiger partial charge in [0.15, 0.2) is 5.69 Å². The molecular formula is C24H19F3N4O4. The average molecular weight is 484 g/mol. The fourth-order valence-corrected chi connectivity index (χ4v) is 3.65. The standard InChI is InChI=1S/C24H19F3N4O4/c1-14-11-19(32)22(29-31(14)18-4-2-3-16(12-18)24(25,26)27)23(35)28-17-7-5-15(6-8-17)13-30-20(33)9-10-21(30)34/h2-8,11-12H,9-10,13H2,1H3,(H,28,35). The van der Waals surface area contributed by atoms with Gasteiger partial charge in [-0.1, -0.05) is 18.2 Å². The smallest absolute Gasteiger partial charge is 0.320 e. The van der Waals surface area contributed by atoms with Gasteiger partial charge in [0.05, 0.1) is 17.8 Å². The van der Waals surface area contributed by atoms with E-state index < -0.39 is 28.8 Å². The highest BCUT2D eigenvalue weighted by atomic mass is 19.4. The molecule has 4 rings (SSSR count). The molecule has 0 unspecified atom stereocenters. The van der Waals surface area contributed by atoms with Gasteiger partial charge in [-0.2, -0.15) is 18.3 Å². The van der Waals surface area contributed by atoms with Crippen molar-refractivity contribution in [1.82, 2.24) is 14.7 Å². The van der Waals surface area contributed by atoms with Crippen LogP contribution in [0.5, 0.6) is 0 Å². The Hall–Kier alpha value is -4.28. The third-order valence-corrected chi connectivity index (χ3v) is 5.45. The summed E-state index contributed by atoms with van der Waals surface area (Å²) in [5, 5.41) is 6.54. The number of amides is 3. The molecule has 2 heterocycles. The quantitative estimate of drug-likeness (QED) is 0.559. The molecule has 0 aliphatic carbocycles. The lowest BCUT2D eigenvalue weighted by Gasteiger charge is -2.14. The van der Waals surface area contributed by atoms with Gasteiger partial charge in [0.25, 0.3) is 5.91 Å². The van der Waals surface area contributed by atoms with Crippen LogP contribution < -0.4 is 10.7 Å². The number of hydrogen-bond acceptors (Lipinski definition) is 5. The van der Waals surface area contributed by atoms with Gasteiger partial charge in [0.2, 0.25) is 17.2 Å². The minimum absolute atomic E-state index is 0.0433. The lowest BCUT2D eigenvalue weighted by Crippen LogP contribution is -2.28. The summed E-state index contributed by atoms with van der Waals surface area (Å²) >= 11 is 0. The van der Waals surface area contributed by atoms with Gasteiger partial charge >= 0.3 is 6.18 Å². The Morgan fingerprint density at radius 1 is 1.00 bits per heavy atom. The maximum absolute atomic E-state index is 13.1. The van der Waals surface area contributed by atoms with E-state index in [2.05, 4.69) is 10.4 Å². The molecular weight excluding hydrogens is 465 g/mol. The largest absolute Gasteiger partial charge is 0.416 e. The normalized spacial score (nSPS) is 13.9. The summed E-state index contributed by atoms with van der Waals surface area (Å²) in [4.78, 5) is 49.8. The fourth-order valence-electron chi connectivity index (χ4n) is 3.65. The van der Waals surface area contributed by atoms with Crippen molar-refractivity contribution in [3.8, 4) is 5.69 Å². The van der Waals surface area contributed by atoms with Crippen molar-refractivity contribution < 1.29 is 27.6 Å². The molecule has 2 aromatic carbocycles. The van der Waals surface area contributed by atoms with Crippen molar-refractivity contribution in [3.63, 3.8) is 0 Å². The number of benzene rings is 2. The second kappa shape index (κ2) is 9.16. The highest BCUT2D eigenvalue weighted by molar-refractivity contribution is 6.03. The van der Waals surface area contributed by atoms with Crippen LogP contribution in [0.15, 0.2) is 59.4 Å². The minimum Gasteiger partial charge on any atom is -0.320 e. The lowest BCUT2D eigenvalue weighted by molar-refractivity contribution is -0.139. The van der Waals surface area contributed by atoms with Gasteiger partial charge < -0.3 is 5.32 Å². The number of carbonyl (C=O) groups is 3. The summed E-state index contributed by atoms with van der Waals surface area (Å²) < 4.78 is 40.4. The van der Waals surface area contributed by atoms with Crippen molar-refractivity contribution in [2.75, 3.05) is 5.32 Å². The van der Waals surface area contributed by atoms with E-state index in [4.69, 9.17) is 0 Å². The zero-order valence-electron chi connectivity index (χ0n) is 18.4. The number of imide groups is 1. The molecule has 3 amide bonds. The molecule has 0 spiro atoms. The summed E-state index contributed by atoms with van der Waals surface area (Å²) in [7, 11) is 0. The van der Waals surface area contributed by atoms with E-state index in [1.165, 1.54) is 36.1 Å². The summed E-state index contributed by atoms with van der Waals surface area (Å²) in [5.41, 5.74) is -0.783. The first-order valence-electron chi connectivity index (χ1n) is 10.5. The Labute approximate surface area is 197 Å². The number of aryl methyl sites for hydroxylation is 1. The zero-order valence-corrected chi connectivity index (χ0v) is 18.4. The van der Waals surface area contributed by atoms with E-state index in [0.717, 1.165) is 22.9 Å². The monoisotopic (exact) mass is 484 g/mol. The molecule has 0 atom stereocenters. The number of nitrogens with one attached hydrogen (secondary N) is 1. The van der Waals surface area contributed by atoms with E-state index >= 15 is 0 Å². The van der Waals surface area contributed by atoms with Crippen LogP contribution in [0.1, 0.15) is 40.2 Å². The summed E-state index contributed by atoms with van der Waals surface area (Å²) in [5.74, 6) is -1.32. The Kier molecular flexibility index (Phi) is 6.25. The fraction of sp³-hybridized carbons (Fsp3) is 0.208. The molecule has 35 heavy (non-hydrogen) atoms. The van der Waals surface area contributed by atoms with Crippen molar-refractivity contribution in [3.05, 3.63) is 87.3 Å². The molecule has 8 nitrogen and oxygen atoms in total. The minimum atomic E-state index is -4.56. The first-order valence-corrected chi connectivity index (χ1v) is 10.5. The van der Waals surface area contributed by atoms with Crippen LogP contribution in [-0.2, 0) is 22.3 Å². The zero-order chi connectivity index (χ0) is 25.3. The number of anilines is 1. The van der Waals surface area contributed by atoms with Crippen LogP contribution in [0.2, 0.25) is 0 Å². The van der Waals surface area contributed by atoms with Crippen LogP contribution in [0, 0.1) is 6.92 Å². The predicted octanol–water partition coefficient (Wildman–Crippen LogP) is 3.46. The number of aromatic nitrogens is 2. The van der Waals surface area contributed by atoms with E-state index in [1.807, 2.05) is 0 Å². The topological polar surface area (TPSA) is 101 Å². The summed E-state index contributed by atoms with van der Waals surface area (Å²) in [6.07, 6.45) is -4.19. The number of nitrogens with zero attached hydrogens (tertiary/aromatic N) is 3. The molecule has 1 aliphatic heterocycles. The average Bonchev–Trinajstić information content (AvgIpc) is 3.12. The lowest BCUT2D eigenvalue weighted by atomic mass is 10.2. The Morgan fingerprint density at radius 2 is 1.66 bits per heavy atom. The van der Waals surface area contributed by atoms with Crippen LogP contribution >= 0.6 is 0 Å². The number of alkyl halides is 3. The molecule has 0 radical (unpaired) electrons. The summed E-state index contributed by atoms with van der Waals surface area (Å²) in [6, 6.07) is 11.8. The van der Waals surface area contributed by atoms with E-state index in [9.17, 15) is 32.3 Å². The van der Waals surface area contributed by atoms with E-state index in [1.54, 1.807) is 12.1 Å². The molecule has 1 fully saturated rings.